The van der Waals surface area contributed by atoms with Crippen LogP contribution in [-0.4, -0.2) is 12.5 Å². The molecule has 0 aliphatic rings. The number of hydrogen-bond acceptors (Lipinski definition) is 2. The van der Waals surface area contributed by atoms with Crippen molar-refractivity contribution < 1.29 is 4.79 Å². The standard InChI is InChI=1S/C20H26N2O.ClH/c1-15(2)18(16-9-5-3-6-10-16)13-20(23)22-14-19(21)17-11-7-4-8-12-17;/h3-12,15,18-19H,13-14,21H2,1-2H3,(H,22,23);1H. The van der Waals surface area contributed by atoms with Gasteiger partial charge in [0.2, 0.25) is 5.91 Å². The molecular formula is C20H27ClN2O. The molecule has 130 valence electrons. The second kappa shape index (κ2) is 10.1. The number of halogens is 1. The van der Waals surface area contributed by atoms with E-state index in [1.807, 2.05) is 48.5 Å². The molecule has 2 rings (SSSR count). The van der Waals surface area contributed by atoms with Gasteiger partial charge in [0.25, 0.3) is 0 Å². The van der Waals surface area contributed by atoms with Crippen LogP contribution in [0.4, 0.5) is 0 Å². The van der Waals surface area contributed by atoms with Crippen LogP contribution in [0, 0.1) is 5.92 Å². The van der Waals surface area contributed by atoms with Gasteiger partial charge < -0.3 is 11.1 Å². The van der Waals surface area contributed by atoms with Crippen LogP contribution in [-0.2, 0) is 4.79 Å². The Kier molecular flexibility index (Phi) is 8.51. The molecule has 4 heteroatoms. The Labute approximate surface area is 151 Å². The van der Waals surface area contributed by atoms with Gasteiger partial charge in [0.1, 0.15) is 0 Å². The lowest BCUT2D eigenvalue weighted by atomic mass is 9.85. The van der Waals surface area contributed by atoms with Gasteiger partial charge in [-0.3, -0.25) is 4.79 Å². The van der Waals surface area contributed by atoms with Crippen molar-refractivity contribution in [2.75, 3.05) is 6.54 Å². The molecule has 0 heterocycles. The van der Waals surface area contributed by atoms with Crippen LogP contribution in [0.1, 0.15) is 43.4 Å². The molecule has 0 aliphatic carbocycles. The van der Waals surface area contributed by atoms with Crippen molar-refractivity contribution in [3.63, 3.8) is 0 Å². The van der Waals surface area contributed by atoms with Crippen molar-refractivity contribution in [3.05, 3.63) is 71.8 Å². The highest BCUT2D eigenvalue weighted by Gasteiger charge is 2.19. The summed E-state index contributed by atoms with van der Waals surface area (Å²) in [5.41, 5.74) is 8.38. The van der Waals surface area contributed by atoms with E-state index in [1.54, 1.807) is 0 Å². The van der Waals surface area contributed by atoms with Crippen LogP contribution in [0.25, 0.3) is 0 Å². The first-order valence-electron chi connectivity index (χ1n) is 8.20. The minimum atomic E-state index is -0.172. The van der Waals surface area contributed by atoms with Gasteiger partial charge >= 0.3 is 0 Å². The molecule has 0 bridgehead atoms. The first-order chi connectivity index (χ1) is 11.1. The molecule has 2 unspecified atom stereocenters. The first kappa shape index (κ1) is 20.2. The molecule has 0 aromatic heterocycles. The zero-order chi connectivity index (χ0) is 16.7. The zero-order valence-corrected chi connectivity index (χ0v) is 15.1. The van der Waals surface area contributed by atoms with Crippen molar-refractivity contribution in [2.45, 2.75) is 32.2 Å². The Bertz CT molecular complexity index is 602. The van der Waals surface area contributed by atoms with Gasteiger partial charge in [-0.15, -0.1) is 12.4 Å². The maximum atomic E-state index is 12.3. The minimum absolute atomic E-state index is 0. The molecule has 0 aliphatic heterocycles. The molecule has 0 saturated carbocycles. The third-order valence-electron chi connectivity index (χ3n) is 4.18. The molecule has 2 aromatic rings. The fourth-order valence-electron chi connectivity index (χ4n) is 2.75. The van der Waals surface area contributed by atoms with Crippen LogP contribution in [0.3, 0.4) is 0 Å². The van der Waals surface area contributed by atoms with E-state index < -0.39 is 0 Å². The second-order valence-electron chi connectivity index (χ2n) is 6.29. The second-order valence-corrected chi connectivity index (χ2v) is 6.29. The summed E-state index contributed by atoms with van der Waals surface area (Å²) in [6, 6.07) is 19.9. The molecule has 24 heavy (non-hydrogen) atoms. The van der Waals surface area contributed by atoms with Crippen molar-refractivity contribution in [1.29, 1.82) is 0 Å². The minimum Gasteiger partial charge on any atom is -0.354 e. The Morgan fingerprint density at radius 2 is 1.46 bits per heavy atom. The summed E-state index contributed by atoms with van der Waals surface area (Å²) >= 11 is 0. The largest absolute Gasteiger partial charge is 0.354 e. The summed E-state index contributed by atoms with van der Waals surface area (Å²) in [6.07, 6.45) is 0.489. The van der Waals surface area contributed by atoms with E-state index in [0.29, 0.717) is 18.9 Å². The number of benzene rings is 2. The van der Waals surface area contributed by atoms with E-state index in [1.165, 1.54) is 5.56 Å². The molecule has 2 atom stereocenters. The highest BCUT2D eigenvalue weighted by Crippen LogP contribution is 2.27. The Morgan fingerprint density at radius 1 is 0.958 bits per heavy atom. The molecule has 3 nitrogen and oxygen atoms in total. The maximum Gasteiger partial charge on any atom is 0.220 e. The molecule has 0 radical (unpaired) electrons. The summed E-state index contributed by atoms with van der Waals surface area (Å²) in [4.78, 5) is 12.3. The molecular weight excluding hydrogens is 320 g/mol. The molecule has 2 aromatic carbocycles. The monoisotopic (exact) mass is 346 g/mol. The van der Waals surface area contributed by atoms with Crippen molar-refractivity contribution in [1.82, 2.24) is 5.32 Å². The van der Waals surface area contributed by atoms with E-state index in [4.69, 9.17) is 5.73 Å². The first-order valence-corrected chi connectivity index (χ1v) is 8.20. The van der Waals surface area contributed by atoms with Gasteiger partial charge in [-0.25, -0.2) is 0 Å². The van der Waals surface area contributed by atoms with Gasteiger partial charge in [0.05, 0.1) is 0 Å². The number of nitrogens with two attached hydrogens (primary N) is 1. The topological polar surface area (TPSA) is 55.1 Å². The fourth-order valence-corrected chi connectivity index (χ4v) is 2.75. The number of nitrogens with one attached hydrogen (secondary N) is 1. The molecule has 0 saturated heterocycles. The normalized spacial score (nSPS) is 13.0. The SMILES string of the molecule is CC(C)C(CC(=O)NCC(N)c1ccccc1)c1ccccc1.Cl. The Hall–Kier alpha value is -1.84. The predicted octanol–water partition coefficient (Wildman–Crippen LogP) is 4.05. The number of amides is 1. The van der Waals surface area contributed by atoms with Crippen LogP contribution in [0.2, 0.25) is 0 Å². The summed E-state index contributed by atoms with van der Waals surface area (Å²) in [6.45, 7) is 4.77. The zero-order valence-electron chi connectivity index (χ0n) is 14.3. The van der Waals surface area contributed by atoms with Gasteiger partial charge in [0.15, 0.2) is 0 Å². The van der Waals surface area contributed by atoms with Crippen LogP contribution >= 0.6 is 12.4 Å². The van der Waals surface area contributed by atoms with Crippen LogP contribution in [0.15, 0.2) is 60.7 Å². The number of rotatable bonds is 7. The van der Waals surface area contributed by atoms with E-state index in [2.05, 4.69) is 31.3 Å². The van der Waals surface area contributed by atoms with Crippen LogP contribution in [0.5, 0.6) is 0 Å². The van der Waals surface area contributed by atoms with E-state index in [-0.39, 0.29) is 30.3 Å². The van der Waals surface area contributed by atoms with E-state index >= 15 is 0 Å². The lowest BCUT2D eigenvalue weighted by Crippen LogP contribution is -2.33. The Balaban J connectivity index is 0.00000288. The van der Waals surface area contributed by atoms with E-state index in [0.717, 1.165) is 5.56 Å². The quantitative estimate of drug-likeness (QED) is 0.794. The third-order valence-corrected chi connectivity index (χ3v) is 4.18. The van der Waals surface area contributed by atoms with Gasteiger partial charge in [0, 0.05) is 19.0 Å². The number of carbonyl (C=O) groups excluding carboxylic acids is 1. The molecule has 0 spiro atoms. The maximum absolute atomic E-state index is 12.3. The number of carbonyl (C=O) groups is 1. The fraction of sp³-hybridized carbons (Fsp3) is 0.350. The van der Waals surface area contributed by atoms with Crippen molar-refractivity contribution in [3.8, 4) is 0 Å². The highest BCUT2D eigenvalue weighted by molar-refractivity contribution is 5.85. The summed E-state index contributed by atoms with van der Waals surface area (Å²) < 4.78 is 0. The molecule has 0 fully saturated rings. The lowest BCUT2D eigenvalue weighted by molar-refractivity contribution is -0.121. The predicted molar refractivity (Wildman–Crippen MR) is 102 cm³/mol. The smallest absolute Gasteiger partial charge is 0.220 e. The lowest BCUT2D eigenvalue weighted by Gasteiger charge is -2.21. The van der Waals surface area contributed by atoms with E-state index in [9.17, 15) is 4.79 Å². The Morgan fingerprint density at radius 3 is 1.96 bits per heavy atom. The van der Waals surface area contributed by atoms with Gasteiger partial charge in [-0.05, 0) is 23.0 Å². The van der Waals surface area contributed by atoms with Crippen molar-refractivity contribution >= 4 is 18.3 Å². The summed E-state index contributed by atoms with van der Waals surface area (Å²) in [7, 11) is 0. The molecule has 1 amide bonds. The average molecular weight is 347 g/mol. The third kappa shape index (κ3) is 5.99. The molecule has 3 N–H and O–H groups in total. The summed E-state index contributed by atoms with van der Waals surface area (Å²) in [5.74, 6) is 0.689. The highest BCUT2D eigenvalue weighted by atomic mass is 35.5. The number of hydrogen-bond donors (Lipinski definition) is 2. The van der Waals surface area contributed by atoms with Crippen molar-refractivity contribution in [2.24, 2.45) is 11.7 Å². The van der Waals surface area contributed by atoms with Gasteiger partial charge in [-0.1, -0.05) is 74.5 Å². The van der Waals surface area contributed by atoms with Gasteiger partial charge in [-0.2, -0.15) is 0 Å². The van der Waals surface area contributed by atoms with Crippen LogP contribution < -0.4 is 11.1 Å². The average Bonchev–Trinajstić information content (AvgIpc) is 2.58. The summed E-state index contributed by atoms with van der Waals surface area (Å²) in [5, 5.41) is 2.97.